The summed E-state index contributed by atoms with van der Waals surface area (Å²) in [6, 6.07) is 27.4. The fourth-order valence-corrected chi connectivity index (χ4v) is 4.15. The van der Waals surface area contributed by atoms with Crippen LogP contribution in [0.1, 0.15) is 22.3 Å². The minimum atomic E-state index is -1.12. The number of carbonyl (C=O) groups is 4. The third-order valence-corrected chi connectivity index (χ3v) is 6.26. The number of amides is 6. The van der Waals surface area contributed by atoms with Gasteiger partial charge in [0, 0.05) is 22.7 Å². The Morgan fingerprint density at radius 2 is 0.844 bits per heavy atom. The lowest BCUT2D eigenvalue weighted by Gasteiger charge is -2.11. The summed E-state index contributed by atoms with van der Waals surface area (Å²) in [5.74, 6) is 0. The molecule has 13 heteroatoms. The second-order valence-electron chi connectivity index (χ2n) is 9.71. The summed E-state index contributed by atoms with van der Waals surface area (Å²) >= 11 is 0. The number of carbonyl (C=O) groups excluding carboxylic acids is 3. The Bertz CT molecular complexity index is 1590. The van der Waals surface area contributed by atoms with Gasteiger partial charge in [0.05, 0.1) is 6.61 Å². The zero-order chi connectivity index (χ0) is 32.0. The third kappa shape index (κ3) is 10.9. The van der Waals surface area contributed by atoms with Crippen LogP contribution in [0.4, 0.5) is 41.9 Å². The molecule has 6 amide bonds. The van der Waals surface area contributed by atoms with E-state index in [2.05, 4.69) is 32.1 Å². The first kappa shape index (κ1) is 31.8. The van der Waals surface area contributed by atoms with Gasteiger partial charge in [0.15, 0.2) is 0 Å². The van der Waals surface area contributed by atoms with Gasteiger partial charge in [0.1, 0.15) is 6.61 Å². The summed E-state index contributed by atoms with van der Waals surface area (Å²) in [7, 11) is 0. The molecule has 4 rings (SSSR count). The van der Waals surface area contributed by atoms with Crippen LogP contribution in [-0.4, -0.2) is 47.7 Å². The number of benzene rings is 4. The lowest BCUT2D eigenvalue weighted by atomic mass is 10.0. The molecule has 0 aliphatic rings. The van der Waals surface area contributed by atoms with E-state index in [9.17, 15) is 19.2 Å². The van der Waals surface area contributed by atoms with E-state index in [4.69, 9.17) is 14.9 Å². The highest BCUT2D eigenvalue weighted by Crippen LogP contribution is 2.17. The lowest BCUT2D eigenvalue weighted by molar-refractivity contribution is 0.131. The standard InChI is InChI=1S/C32H32N6O7/c39-17-18-45-32(44)36-28-15-7-24(8-16-28)20-22-3-11-26(12-4-22)34-30(41)38-37-29(40)33-25-9-1-21(2-10-25)19-23-5-13-27(14-6-23)35-31(42)43/h1-16,35,39H,17-20H2,(H,36,44)(H,42,43)(H2,33,37,40)(H2,34,38,41). The Labute approximate surface area is 258 Å². The molecule has 4 aromatic rings. The summed E-state index contributed by atoms with van der Waals surface area (Å²) < 4.78 is 4.77. The number of nitrogens with one attached hydrogen (secondary N) is 6. The molecule has 0 saturated carbocycles. The van der Waals surface area contributed by atoms with E-state index in [-0.39, 0.29) is 13.2 Å². The Morgan fingerprint density at radius 1 is 0.511 bits per heavy atom. The molecule has 45 heavy (non-hydrogen) atoms. The van der Waals surface area contributed by atoms with Crippen LogP contribution in [-0.2, 0) is 17.6 Å². The fourth-order valence-electron chi connectivity index (χ4n) is 4.15. The molecule has 0 spiro atoms. The van der Waals surface area contributed by atoms with Crippen molar-refractivity contribution in [3.05, 3.63) is 119 Å². The predicted octanol–water partition coefficient (Wildman–Crippen LogP) is 5.36. The number of ether oxygens (including phenoxy) is 1. The number of hydrazine groups is 1. The van der Waals surface area contributed by atoms with E-state index >= 15 is 0 Å². The van der Waals surface area contributed by atoms with Crippen molar-refractivity contribution < 1.29 is 34.1 Å². The molecule has 0 aromatic heterocycles. The minimum Gasteiger partial charge on any atom is -0.465 e. The maximum absolute atomic E-state index is 12.3. The molecule has 8 N–H and O–H groups in total. The molecule has 0 aliphatic heterocycles. The number of hydrogen-bond acceptors (Lipinski definition) is 6. The van der Waals surface area contributed by atoms with Crippen LogP contribution in [0.25, 0.3) is 0 Å². The molecule has 0 radical (unpaired) electrons. The zero-order valence-corrected chi connectivity index (χ0v) is 24.0. The number of aliphatic hydroxyl groups is 1. The van der Waals surface area contributed by atoms with Crippen molar-refractivity contribution in [3.63, 3.8) is 0 Å². The lowest BCUT2D eigenvalue weighted by Crippen LogP contribution is -2.45. The average molecular weight is 613 g/mol. The van der Waals surface area contributed by atoms with Crippen molar-refractivity contribution in [2.45, 2.75) is 12.8 Å². The van der Waals surface area contributed by atoms with Gasteiger partial charge in [0.2, 0.25) is 0 Å². The second kappa shape index (κ2) is 16.0. The smallest absolute Gasteiger partial charge is 0.411 e. The second-order valence-corrected chi connectivity index (χ2v) is 9.71. The zero-order valence-electron chi connectivity index (χ0n) is 24.0. The largest absolute Gasteiger partial charge is 0.465 e. The number of anilines is 4. The molecule has 0 bridgehead atoms. The van der Waals surface area contributed by atoms with E-state index < -0.39 is 24.2 Å². The monoisotopic (exact) mass is 612 g/mol. The van der Waals surface area contributed by atoms with Crippen molar-refractivity contribution in [1.82, 2.24) is 10.9 Å². The highest BCUT2D eigenvalue weighted by molar-refractivity contribution is 5.94. The molecule has 0 saturated heterocycles. The Kier molecular flexibility index (Phi) is 11.3. The van der Waals surface area contributed by atoms with Crippen LogP contribution < -0.4 is 32.1 Å². The van der Waals surface area contributed by atoms with Crippen LogP contribution in [0.5, 0.6) is 0 Å². The summed E-state index contributed by atoms with van der Waals surface area (Å²) in [6.45, 7) is -0.315. The number of carboxylic acid groups (broad SMARTS) is 1. The van der Waals surface area contributed by atoms with Crippen LogP contribution in [0.2, 0.25) is 0 Å². The van der Waals surface area contributed by atoms with Crippen LogP contribution in [0, 0.1) is 0 Å². The maximum Gasteiger partial charge on any atom is 0.411 e. The molecule has 0 aliphatic carbocycles. The number of aliphatic hydroxyl groups excluding tert-OH is 1. The van der Waals surface area contributed by atoms with E-state index in [1.54, 1.807) is 48.5 Å². The van der Waals surface area contributed by atoms with Gasteiger partial charge in [-0.25, -0.2) is 30.0 Å². The molecule has 0 fully saturated rings. The van der Waals surface area contributed by atoms with E-state index in [0.29, 0.717) is 35.6 Å². The van der Waals surface area contributed by atoms with E-state index in [0.717, 1.165) is 22.3 Å². The Balaban J connectivity index is 1.16. The molecule has 4 aromatic carbocycles. The molecule has 232 valence electrons. The van der Waals surface area contributed by atoms with Gasteiger partial charge in [0.25, 0.3) is 0 Å². The Hall–Kier alpha value is -6.08. The number of hydrogen-bond donors (Lipinski definition) is 8. The molecule has 0 heterocycles. The molecule has 0 atom stereocenters. The van der Waals surface area contributed by atoms with Gasteiger partial charge in [-0.2, -0.15) is 0 Å². The summed E-state index contributed by atoms with van der Waals surface area (Å²) in [5, 5.41) is 27.6. The highest BCUT2D eigenvalue weighted by Gasteiger charge is 2.07. The SMILES string of the molecule is O=C(O)Nc1ccc(Cc2ccc(NC(=O)NNC(=O)Nc3ccc(Cc4ccc(NC(=O)OCCO)cc4)cc3)cc2)cc1. The third-order valence-electron chi connectivity index (χ3n) is 6.26. The highest BCUT2D eigenvalue weighted by atomic mass is 16.6. The molecular formula is C32H32N6O7. The maximum atomic E-state index is 12.3. The fraction of sp³-hybridized carbons (Fsp3) is 0.125. The normalized spacial score (nSPS) is 10.2. The first-order chi connectivity index (χ1) is 21.7. The Morgan fingerprint density at radius 3 is 1.18 bits per heavy atom. The topological polar surface area (TPSA) is 190 Å². The van der Waals surface area contributed by atoms with Crippen molar-refractivity contribution in [2.24, 2.45) is 0 Å². The number of urea groups is 2. The minimum absolute atomic E-state index is 0.0735. The predicted molar refractivity (Wildman–Crippen MR) is 169 cm³/mol. The van der Waals surface area contributed by atoms with Crippen LogP contribution in [0.3, 0.4) is 0 Å². The van der Waals surface area contributed by atoms with Crippen LogP contribution in [0.15, 0.2) is 97.1 Å². The van der Waals surface area contributed by atoms with Gasteiger partial charge >= 0.3 is 24.2 Å². The van der Waals surface area contributed by atoms with Gasteiger partial charge in [-0.3, -0.25) is 10.6 Å². The quantitative estimate of drug-likeness (QED) is 0.111. The van der Waals surface area contributed by atoms with Crippen molar-refractivity contribution in [3.8, 4) is 0 Å². The van der Waals surface area contributed by atoms with Gasteiger partial charge < -0.3 is 25.6 Å². The summed E-state index contributed by atoms with van der Waals surface area (Å²) in [6.07, 6.45) is -0.503. The van der Waals surface area contributed by atoms with E-state index in [1.165, 1.54) is 0 Å². The van der Waals surface area contributed by atoms with Gasteiger partial charge in [-0.05, 0) is 83.6 Å². The first-order valence-corrected chi connectivity index (χ1v) is 13.8. The van der Waals surface area contributed by atoms with Crippen molar-refractivity contribution in [1.29, 1.82) is 0 Å². The van der Waals surface area contributed by atoms with E-state index in [1.807, 2.05) is 48.5 Å². The average Bonchev–Trinajstić information content (AvgIpc) is 3.02. The molecular weight excluding hydrogens is 580 g/mol. The first-order valence-electron chi connectivity index (χ1n) is 13.8. The van der Waals surface area contributed by atoms with Gasteiger partial charge in [-0.15, -0.1) is 0 Å². The molecule has 13 nitrogen and oxygen atoms in total. The summed E-state index contributed by atoms with van der Waals surface area (Å²) in [5.41, 5.74) is 10.7. The van der Waals surface area contributed by atoms with Crippen molar-refractivity contribution in [2.75, 3.05) is 34.5 Å². The van der Waals surface area contributed by atoms with Crippen molar-refractivity contribution >= 4 is 47.0 Å². The summed E-state index contributed by atoms with van der Waals surface area (Å²) in [4.78, 5) is 46.8. The number of rotatable bonds is 10. The van der Waals surface area contributed by atoms with Crippen LogP contribution >= 0.6 is 0 Å². The van der Waals surface area contributed by atoms with Gasteiger partial charge in [-0.1, -0.05) is 48.5 Å². The molecule has 0 unspecified atom stereocenters.